The average Bonchev–Trinajstić information content (AvgIpc) is 2.43. The zero-order valence-corrected chi connectivity index (χ0v) is 12.2. The molecule has 0 fully saturated rings. The molecule has 0 aliphatic rings. The van der Waals surface area contributed by atoms with Crippen LogP contribution in [0.1, 0.15) is 19.8 Å². The Labute approximate surface area is 123 Å². The Bertz CT molecular complexity index is 364. The lowest BCUT2D eigenvalue weighted by Gasteiger charge is -2.21. The number of aliphatic hydroxyl groups excluding tert-OH is 1. The van der Waals surface area contributed by atoms with Crippen LogP contribution in [-0.4, -0.2) is 54.6 Å². The van der Waals surface area contributed by atoms with Gasteiger partial charge in [0.2, 0.25) is 17.7 Å². The number of carbonyl (C=O) groups is 3. The molecule has 122 valence electrons. The van der Waals surface area contributed by atoms with E-state index in [0.717, 1.165) is 0 Å². The molecule has 0 bridgehead atoms. The molecule has 3 atom stereocenters. The fourth-order valence-corrected chi connectivity index (χ4v) is 1.61. The molecule has 0 heterocycles. The van der Waals surface area contributed by atoms with E-state index in [1.807, 2.05) is 0 Å². The summed E-state index contributed by atoms with van der Waals surface area (Å²) in [5, 5.41) is 13.9. The summed E-state index contributed by atoms with van der Waals surface area (Å²) in [5.41, 5.74) is 15.8. The predicted molar refractivity (Wildman–Crippen MR) is 76.6 cm³/mol. The van der Waals surface area contributed by atoms with Gasteiger partial charge in [-0.05, 0) is 25.9 Å². The van der Waals surface area contributed by atoms with E-state index >= 15 is 0 Å². The summed E-state index contributed by atoms with van der Waals surface area (Å²) in [6.07, 6.45) is 0.638. The molecule has 3 unspecified atom stereocenters. The number of rotatable bonds is 10. The SMILES string of the molecule is CC(CCN)C(=O)NC(CO)C(=O)NC(CCN)C(N)=O. The second-order valence-electron chi connectivity index (χ2n) is 4.76. The van der Waals surface area contributed by atoms with Gasteiger partial charge >= 0.3 is 0 Å². The van der Waals surface area contributed by atoms with Gasteiger partial charge in [-0.1, -0.05) is 6.92 Å². The normalized spacial score (nSPS) is 14.9. The summed E-state index contributed by atoms with van der Waals surface area (Å²) in [5.74, 6) is -2.20. The van der Waals surface area contributed by atoms with Crippen molar-refractivity contribution in [2.75, 3.05) is 19.7 Å². The maximum Gasteiger partial charge on any atom is 0.245 e. The van der Waals surface area contributed by atoms with Crippen LogP contribution in [0.4, 0.5) is 0 Å². The molecule has 0 aromatic rings. The molecule has 0 aliphatic carbocycles. The highest BCUT2D eigenvalue weighted by Crippen LogP contribution is 2.01. The molecule has 0 saturated heterocycles. The minimum atomic E-state index is -1.16. The van der Waals surface area contributed by atoms with E-state index in [2.05, 4.69) is 10.6 Å². The Morgan fingerprint density at radius 3 is 1.95 bits per heavy atom. The molecule has 9 N–H and O–H groups in total. The number of aliphatic hydroxyl groups is 1. The van der Waals surface area contributed by atoms with Crippen LogP contribution in [0.5, 0.6) is 0 Å². The van der Waals surface area contributed by atoms with Crippen LogP contribution < -0.4 is 27.8 Å². The fraction of sp³-hybridized carbons (Fsp3) is 0.750. The number of primary amides is 1. The summed E-state index contributed by atoms with van der Waals surface area (Å²) < 4.78 is 0. The summed E-state index contributed by atoms with van der Waals surface area (Å²) in [6, 6.07) is -2.09. The summed E-state index contributed by atoms with van der Waals surface area (Å²) in [6.45, 7) is 1.57. The Hall–Kier alpha value is -1.71. The van der Waals surface area contributed by atoms with Crippen LogP contribution in [0.3, 0.4) is 0 Å². The molecule has 9 heteroatoms. The van der Waals surface area contributed by atoms with E-state index in [1.54, 1.807) is 6.92 Å². The molecule has 0 aliphatic heterocycles. The molecule has 0 radical (unpaired) electrons. The zero-order valence-electron chi connectivity index (χ0n) is 12.2. The molecule has 0 aromatic heterocycles. The van der Waals surface area contributed by atoms with Crippen LogP contribution in [0.25, 0.3) is 0 Å². The third kappa shape index (κ3) is 7.02. The van der Waals surface area contributed by atoms with Crippen molar-refractivity contribution in [1.82, 2.24) is 10.6 Å². The van der Waals surface area contributed by atoms with E-state index in [4.69, 9.17) is 17.2 Å². The Morgan fingerprint density at radius 1 is 1.00 bits per heavy atom. The van der Waals surface area contributed by atoms with Gasteiger partial charge < -0.3 is 32.9 Å². The zero-order chi connectivity index (χ0) is 16.4. The van der Waals surface area contributed by atoms with E-state index in [9.17, 15) is 19.5 Å². The van der Waals surface area contributed by atoms with E-state index in [1.165, 1.54) is 0 Å². The van der Waals surface area contributed by atoms with Crippen molar-refractivity contribution in [2.45, 2.75) is 31.8 Å². The number of nitrogens with one attached hydrogen (secondary N) is 2. The number of hydrogen-bond donors (Lipinski definition) is 6. The first-order chi connectivity index (χ1) is 9.87. The lowest BCUT2D eigenvalue weighted by atomic mass is 10.1. The second kappa shape index (κ2) is 10.1. The molecule has 0 rings (SSSR count). The molecule has 3 amide bonds. The lowest BCUT2D eigenvalue weighted by molar-refractivity contribution is -0.133. The Morgan fingerprint density at radius 2 is 1.52 bits per heavy atom. The smallest absolute Gasteiger partial charge is 0.245 e. The van der Waals surface area contributed by atoms with Crippen molar-refractivity contribution in [3.63, 3.8) is 0 Å². The van der Waals surface area contributed by atoms with Crippen LogP contribution in [0.2, 0.25) is 0 Å². The molecule has 0 saturated carbocycles. The lowest BCUT2D eigenvalue weighted by Crippen LogP contribution is -2.55. The van der Waals surface area contributed by atoms with Gasteiger partial charge in [-0.15, -0.1) is 0 Å². The van der Waals surface area contributed by atoms with Crippen molar-refractivity contribution in [3.8, 4) is 0 Å². The molecule has 0 spiro atoms. The van der Waals surface area contributed by atoms with Crippen LogP contribution in [0, 0.1) is 5.92 Å². The number of carbonyl (C=O) groups excluding carboxylic acids is 3. The molecular formula is C12H25N5O4. The minimum Gasteiger partial charge on any atom is -0.394 e. The van der Waals surface area contributed by atoms with Gasteiger partial charge in [0.25, 0.3) is 0 Å². The first-order valence-electron chi connectivity index (χ1n) is 6.78. The van der Waals surface area contributed by atoms with Gasteiger partial charge in [0.1, 0.15) is 12.1 Å². The van der Waals surface area contributed by atoms with Crippen LogP contribution in [0.15, 0.2) is 0 Å². The molecule has 21 heavy (non-hydrogen) atoms. The van der Waals surface area contributed by atoms with Gasteiger partial charge in [-0.2, -0.15) is 0 Å². The second-order valence-corrected chi connectivity index (χ2v) is 4.76. The van der Waals surface area contributed by atoms with Gasteiger partial charge in [-0.3, -0.25) is 14.4 Å². The van der Waals surface area contributed by atoms with E-state index in [-0.39, 0.29) is 18.9 Å². The Balaban J connectivity index is 4.60. The van der Waals surface area contributed by atoms with Crippen LogP contribution >= 0.6 is 0 Å². The third-order valence-corrected chi connectivity index (χ3v) is 2.98. The quantitative estimate of drug-likeness (QED) is 0.247. The van der Waals surface area contributed by atoms with Crippen molar-refractivity contribution >= 4 is 17.7 Å². The molecular weight excluding hydrogens is 278 g/mol. The molecule has 0 aromatic carbocycles. The van der Waals surface area contributed by atoms with Crippen molar-refractivity contribution in [2.24, 2.45) is 23.1 Å². The van der Waals surface area contributed by atoms with Crippen LogP contribution in [-0.2, 0) is 14.4 Å². The number of nitrogens with two attached hydrogens (primary N) is 3. The van der Waals surface area contributed by atoms with Gasteiger partial charge in [0.15, 0.2) is 0 Å². The van der Waals surface area contributed by atoms with Crippen molar-refractivity contribution in [3.05, 3.63) is 0 Å². The first-order valence-corrected chi connectivity index (χ1v) is 6.78. The fourth-order valence-electron chi connectivity index (χ4n) is 1.61. The number of amides is 3. The minimum absolute atomic E-state index is 0.164. The molecule has 9 nitrogen and oxygen atoms in total. The topological polar surface area (TPSA) is 174 Å². The van der Waals surface area contributed by atoms with Gasteiger partial charge in [0.05, 0.1) is 6.61 Å². The maximum absolute atomic E-state index is 11.9. The van der Waals surface area contributed by atoms with E-state index < -0.39 is 36.4 Å². The highest BCUT2D eigenvalue weighted by atomic mass is 16.3. The average molecular weight is 303 g/mol. The van der Waals surface area contributed by atoms with Crippen molar-refractivity contribution < 1.29 is 19.5 Å². The standard InChI is InChI=1S/C12H25N5O4/c1-7(2-4-13)11(20)17-9(6-18)12(21)16-8(3-5-14)10(15)19/h7-9,18H,2-6,13-14H2,1H3,(H2,15,19)(H,16,21)(H,17,20). The van der Waals surface area contributed by atoms with Crippen molar-refractivity contribution in [1.29, 1.82) is 0 Å². The Kier molecular flexibility index (Phi) is 9.26. The largest absolute Gasteiger partial charge is 0.394 e. The maximum atomic E-state index is 11.9. The van der Waals surface area contributed by atoms with Gasteiger partial charge in [-0.25, -0.2) is 0 Å². The van der Waals surface area contributed by atoms with E-state index in [0.29, 0.717) is 13.0 Å². The summed E-state index contributed by atoms with van der Waals surface area (Å²) in [7, 11) is 0. The summed E-state index contributed by atoms with van der Waals surface area (Å²) in [4.78, 5) is 34.8. The summed E-state index contributed by atoms with van der Waals surface area (Å²) >= 11 is 0. The van der Waals surface area contributed by atoms with Gasteiger partial charge in [0, 0.05) is 5.92 Å². The predicted octanol–water partition coefficient (Wildman–Crippen LogP) is -3.23. The highest BCUT2D eigenvalue weighted by molar-refractivity contribution is 5.92. The monoisotopic (exact) mass is 303 g/mol. The highest BCUT2D eigenvalue weighted by Gasteiger charge is 2.26. The third-order valence-electron chi connectivity index (χ3n) is 2.98. The first kappa shape index (κ1) is 19.3. The number of hydrogen-bond acceptors (Lipinski definition) is 6.